The molecular formula is C9H19NO3S. The standard InChI is InChI=1S/C9H19NO3S/c1-7-5-3-4-6-9(7)10-8(2)14(11,12)13/h7-10H,3-6H2,1-2H3,(H,11,12,13). The van der Waals surface area contributed by atoms with Crippen molar-refractivity contribution in [3.8, 4) is 0 Å². The second-order valence-corrected chi connectivity index (χ2v) is 5.93. The van der Waals surface area contributed by atoms with Gasteiger partial charge in [-0.25, -0.2) is 0 Å². The summed E-state index contributed by atoms with van der Waals surface area (Å²) in [5.41, 5.74) is 0. The third kappa shape index (κ3) is 3.22. The minimum Gasteiger partial charge on any atom is -0.296 e. The van der Waals surface area contributed by atoms with E-state index in [-0.39, 0.29) is 6.04 Å². The van der Waals surface area contributed by atoms with Crippen molar-refractivity contribution in [2.75, 3.05) is 0 Å². The third-order valence-electron chi connectivity index (χ3n) is 3.01. The van der Waals surface area contributed by atoms with Crippen molar-refractivity contribution in [1.29, 1.82) is 0 Å². The summed E-state index contributed by atoms with van der Waals surface area (Å²) in [4.78, 5) is 0. The number of rotatable bonds is 3. The van der Waals surface area contributed by atoms with Crippen molar-refractivity contribution in [3.05, 3.63) is 0 Å². The van der Waals surface area contributed by atoms with Crippen molar-refractivity contribution >= 4 is 10.1 Å². The van der Waals surface area contributed by atoms with E-state index in [1.54, 1.807) is 0 Å². The molecule has 3 unspecified atom stereocenters. The first kappa shape index (κ1) is 11.9. The van der Waals surface area contributed by atoms with Gasteiger partial charge < -0.3 is 0 Å². The molecule has 14 heavy (non-hydrogen) atoms. The fraction of sp³-hybridized carbons (Fsp3) is 1.00. The molecule has 0 heterocycles. The highest BCUT2D eigenvalue weighted by atomic mass is 32.2. The van der Waals surface area contributed by atoms with E-state index in [2.05, 4.69) is 12.2 Å². The average molecular weight is 221 g/mol. The molecule has 0 amide bonds. The summed E-state index contributed by atoms with van der Waals surface area (Å²) in [6, 6.07) is 0.223. The normalized spacial score (nSPS) is 31.4. The summed E-state index contributed by atoms with van der Waals surface area (Å²) in [7, 11) is -3.94. The van der Waals surface area contributed by atoms with E-state index in [0.29, 0.717) is 5.92 Å². The van der Waals surface area contributed by atoms with Gasteiger partial charge in [0.1, 0.15) is 5.37 Å². The molecule has 4 nitrogen and oxygen atoms in total. The maximum Gasteiger partial charge on any atom is 0.280 e. The molecule has 0 radical (unpaired) electrons. The molecule has 1 aliphatic carbocycles. The largest absolute Gasteiger partial charge is 0.296 e. The Labute approximate surface area is 85.8 Å². The average Bonchev–Trinajstić information content (AvgIpc) is 2.07. The van der Waals surface area contributed by atoms with Crippen molar-refractivity contribution in [3.63, 3.8) is 0 Å². The van der Waals surface area contributed by atoms with Crippen LogP contribution in [0, 0.1) is 5.92 Å². The van der Waals surface area contributed by atoms with E-state index >= 15 is 0 Å². The van der Waals surface area contributed by atoms with Gasteiger partial charge in [-0.2, -0.15) is 8.42 Å². The summed E-state index contributed by atoms with van der Waals surface area (Å²) in [5, 5.41) is 2.12. The Balaban J connectivity index is 2.50. The van der Waals surface area contributed by atoms with Gasteiger partial charge in [0.2, 0.25) is 0 Å². The van der Waals surface area contributed by atoms with Gasteiger partial charge in [0.25, 0.3) is 10.1 Å². The Hall–Kier alpha value is -0.130. The van der Waals surface area contributed by atoms with E-state index in [9.17, 15) is 8.42 Å². The van der Waals surface area contributed by atoms with Gasteiger partial charge in [0, 0.05) is 6.04 Å². The molecule has 0 aromatic heterocycles. The Morgan fingerprint density at radius 2 is 1.93 bits per heavy atom. The minimum absolute atomic E-state index is 0.223. The summed E-state index contributed by atoms with van der Waals surface area (Å²) >= 11 is 0. The van der Waals surface area contributed by atoms with Gasteiger partial charge in [-0.3, -0.25) is 9.87 Å². The topological polar surface area (TPSA) is 66.4 Å². The van der Waals surface area contributed by atoms with E-state index in [1.807, 2.05) is 0 Å². The maximum atomic E-state index is 10.8. The lowest BCUT2D eigenvalue weighted by atomic mass is 9.86. The molecule has 0 spiro atoms. The van der Waals surface area contributed by atoms with Crippen LogP contribution >= 0.6 is 0 Å². The zero-order chi connectivity index (χ0) is 10.8. The van der Waals surface area contributed by atoms with E-state index in [0.717, 1.165) is 19.3 Å². The van der Waals surface area contributed by atoms with Crippen LogP contribution in [0.25, 0.3) is 0 Å². The number of hydrogen-bond acceptors (Lipinski definition) is 3. The van der Waals surface area contributed by atoms with Gasteiger partial charge in [-0.15, -0.1) is 0 Å². The van der Waals surface area contributed by atoms with Crippen molar-refractivity contribution in [2.45, 2.75) is 50.9 Å². The Morgan fingerprint density at radius 3 is 2.43 bits per heavy atom. The molecule has 0 saturated heterocycles. The Morgan fingerprint density at radius 1 is 1.36 bits per heavy atom. The smallest absolute Gasteiger partial charge is 0.280 e. The van der Waals surface area contributed by atoms with Crippen LogP contribution in [0.15, 0.2) is 0 Å². The zero-order valence-corrected chi connectivity index (χ0v) is 9.55. The molecule has 1 fully saturated rings. The van der Waals surface area contributed by atoms with Gasteiger partial charge in [0.05, 0.1) is 0 Å². The molecular weight excluding hydrogens is 202 g/mol. The third-order valence-corrected chi connectivity index (χ3v) is 4.04. The molecule has 0 aliphatic heterocycles. The molecule has 1 aliphatic rings. The quantitative estimate of drug-likeness (QED) is 0.707. The first-order chi connectivity index (χ1) is 6.41. The maximum absolute atomic E-state index is 10.8. The molecule has 5 heteroatoms. The van der Waals surface area contributed by atoms with Crippen LogP contribution in [0.4, 0.5) is 0 Å². The monoisotopic (exact) mass is 221 g/mol. The molecule has 1 saturated carbocycles. The van der Waals surface area contributed by atoms with E-state index in [4.69, 9.17) is 4.55 Å². The summed E-state index contributed by atoms with van der Waals surface area (Å²) in [5.74, 6) is 0.493. The Kier molecular flexibility index (Phi) is 3.92. The second kappa shape index (κ2) is 4.59. The van der Waals surface area contributed by atoms with Crippen LogP contribution in [0.2, 0.25) is 0 Å². The van der Waals surface area contributed by atoms with Gasteiger partial charge in [-0.05, 0) is 25.7 Å². The lowest BCUT2D eigenvalue weighted by molar-refractivity contribution is 0.274. The first-order valence-corrected chi connectivity index (χ1v) is 6.64. The van der Waals surface area contributed by atoms with Crippen LogP contribution in [0.5, 0.6) is 0 Å². The first-order valence-electron chi connectivity index (χ1n) is 5.13. The Bertz CT molecular complexity index is 276. The molecule has 3 atom stereocenters. The molecule has 84 valence electrons. The van der Waals surface area contributed by atoms with Gasteiger partial charge in [0.15, 0.2) is 0 Å². The number of hydrogen-bond donors (Lipinski definition) is 2. The van der Waals surface area contributed by atoms with E-state index in [1.165, 1.54) is 13.3 Å². The predicted octanol–water partition coefficient (Wildman–Crippen LogP) is 1.39. The van der Waals surface area contributed by atoms with Crippen molar-refractivity contribution < 1.29 is 13.0 Å². The predicted molar refractivity (Wildman–Crippen MR) is 55.6 cm³/mol. The fourth-order valence-electron chi connectivity index (χ4n) is 1.95. The van der Waals surface area contributed by atoms with Crippen molar-refractivity contribution in [2.24, 2.45) is 5.92 Å². The van der Waals surface area contributed by atoms with Crippen LogP contribution < -0.4 is 5.32 Å². The summed E-state index contributed by atoms with van der Waals surface area (Å²) in [6.45, 7) is 3.60. The van der Waals surface area contributed by atoms with Crippen molar-refractivity contribution in [1.82, 2.24) is 5.32 Å². The van der Waals surface area contributed by atoms with Crippen LogP contribution in [0.3, 0.4) is 0 Å². The van der Waals surface area contributed by atoms with Gasteiger partial charge >= 0.3 is 0 Å². The van der Waals surface area contributed by atoms with Crippen LogP contribution in [0.1, 0.15) is 39.5 Å². The molecule has 0 aromatic rings. The lowest BCUT2D eigenvalue weighted by Gasteiger charge is -2.31. The summed E-state index contributed by atoms with van der Waals surface area (Å²) < 4.78 is 30.4. The number of nitrogens with one attached hydrogen (secondary N) is 1. The highest BCUT2D eigenvalue weighted by Crippen LogP contribution is 2.24. The zero-order valence-electron chi connectivity index (χ0n) is 8.73. The van der Waals surface area contributed by atoms with Crippen LogP contribution in [-0.4, -0.2) is 24.4 Å². The highest BCUT2D eigenvalue weighted by molar-refractivity contribution is 7.86. The fourth-order valence-corrected chi connectivity index (χ4v) is 2.30. The molecule has 2 N–H and O–H groups in total. The van der Waals surface area contributed by atoms with Crippen LogP contribution in [-0.2, 0) is 10.1 Å². The molecule has 1 rings (SSSR count). The lowest BCUT2D eigenvalue weighted by Crippen LogP contribution is -2.45. The highest BCUT2D eigenvalue weighted by Gasteiger charge is 2.26. The molecule has 0 aromatic carbocycles. The second-order valence-electron chi connectivity index (χ2n) is 4.19. The summed E-state index contributed by atoms with van der Waals surface area (Å²) in [6.07, 6.45) is 4.50. The van der Waals surface area contributed by atoms with E-state index < -0.39 is 15.5 Å². The molecule has 0 bridgehead atoms. The van der Waals surface area contributed by atoms with Gasteiger partial charge in [-0.1, -0.05) is 19.8 Å². The minimum atomic E-state index is -3.94. The SMILES string of the molecule is CC1CCCCC1NC(C)S(=O)(=O)O.